The number of carbonyl (C=O) groups excluding carboxylic acids is 2. The van der Waals surface area contributed by atoms with Crippen LogP contribution in [0.2, 0.25) is 0 Å². The molecule has 0 radical (unpaired) electrons. The van der Waals surface area contributed by atoms with E-state index >= 15 is 0 Å². The zero-order valence-electron chi connectivity index (χ0n) is 15.9. The molecule has 3 rings (SSSR count). The SMILES string of the molecule is C[C@]1(O)CC2(CCN(C(=O)CCCC(=O)c3ccccc3)CC2)OC[C@@H]1O. The van der Waals surface area contributed by atoms with Gasteiger partial charge in [0.1, 0.15) is 6.10 Å². The Bertz CT molecular complexity index is 664. The normalized spacial score (nSPS) is 27.5. The second-order valence-electron chi connectivity index (χ2n) is 8.07. The number of Topliss-reactive ketones (excluding diaryl/α,β-unsaturated/α-hetero) is 1. The highest BCUT2D eigenvalue weighted by Crippen LogP contribution is 2.39. The van der Waals surface area contributed by atoms with Crippen LogP contribution in [0, 0.1) is 0 Å². The van der Waals surface area contributed by atoms with E-state index in [0.29, 0.717) is 57.2 Å². The van der Waals surface area contributed by atoms with Crippen LogP contribution in [0.4, 0.5) is 0 Å². The number of hydrogen-bond acceptors (Lipinski definition) is 5. The van der Waals surface area contributed by atoms with Crippen molar-refractivity contribution >= 4 is 11.7 Å². The highest BCUT2D eigenvalue weighted by Gasteiger charge is 2.48. The van der Waals surface area contributed by atoms with E-state index in [9.17, 15) is 19.8 Å². The summed E-state index contributed by atoms with van der Waals surface area (Å²) in [6.45, 7) is 2.93. The number of likely N-dealkylation sites (tertiary alicyclic amines) is 1. The van der Waals surface area contributed by atoms with Crippen molar-refractivity contribution in [3.05, 3.63) is 35.9 Å². The Morgan fingerprint density at radius 1 is 1.19 bits per heavy atom. The molecule has 2 heterocycles. The van der Waals surface area contributed by atoms with Crippen molar-refractivity contribution in [3.8, 4) is 0 Å². The summed E-state index contributed by atoms with van der Waals surface area (Å²) in [7, 11) is 0. The van der Waals surface area contributed by atoms with Crippen molar-refractivity contribution in [2.24, 2.45) is 0 Å². The molecule has 148 valence electrons. The second kappa shape index (κ2) is 8.09. The van der Waals surface area contributed by atoms with E-state index in [1.807, 2.05) is 23.1 Å². The van der Waals surface area contributed by atoms with Crippen LogP contribution in [-0.2, 0) is 9.53 Å². The number of aliphatic hydroxyl groups excluding tert-OH is 1. The summed E-state index contributed by atoms with van der Waals surface area (Å²) < 4.78 is 5.85. The Hall–Kier alpha value is -1.76. The predicted octanol–water partition coefficient (Wildman–Crippen LogP) is 1.93. The molecule has 1 amide bonds. The maximum atomic E-state index is 12.5. The van der Waals surface area contributed by atoms with Gasteiger partial charge in [-0.15, -0.1) is 0 Å². The van der Waals surface area contributed by atoms with E-state index in [-0.39, 0.29) is 18.3 Å². The van der Waals surface area contributed by atoms with Crippen molar-refractivity contribution < 1.29 is 24.5 Å². The first kappa shape index (κ1) is 20.0. The quantitative estimate of drug-likeness (QED) is 0.768. The smallest absolute Gasteiger partial charge is 0.222 e. The number of aliphatic hydroxyl groups is 2. The minimum atomic E-state index is -1.15. The van der Waals surface area contributed by atoms with Crippen molar-refractivity contribution in [1.82, 2.24) is 4.90 Å². The molecule has 1 spiro atoms. The van der Waals surface area contributed by atoms with Gasteiger partial charge in [0.25, 0.3) is 0 Å². The third-order valence-corrected chi connectivity index (χ3v) is 5.86. The molecular formula is C21H29NO5. The molecule has 0 unspecified atom stereocenters. The lowest BCUT2D eigenvalue weighted by atomic mass is 9.76. The Labute approximate surface area is 160 Å². The van der Waals surface area contributed by atoms with E-state index in [4.69, 9.17) is 4.74 Å². The van der Waals surface area contributed by atoms with Crippen LogP contribution in [0.15, 0.2) is 30.3 Å². The van der Waals surface area contributed by atoms with Crippen LogP contribution in [0.1, 0.15) is 55.8 Å². The predicted molar refractivity (Wildman–Crippen MR) is 100 cm³/mol. The number of rotatable bonds is 5. The Balaban J connectivity index is 1.43. The van der Waals surface area contributed by atoms with Crippen molar-refractivity contribution in [3.63, 3.8) is 0 Å². The van der Waals surface area contributed by atoms with Gasteiger partial charge < -0.3 is 19.8 Å². The van der Waals surface area contributed by atoms with Crippen LogP contribution < -0.4 is 0 Å². The molecule has 2 N–H and O–H groups in total. The minimum Gasteiger partial charge on any atom is -0.388 e. The fraction of sp³-hybridized carbons (Fsp3) is 0.619. The maximum absolute atomic E-state index is 12.5. The molecule has 1 aromatic rings. The summed E-state index contributed by atoms with van der Waals surface area (Å²) >= 11 is 0. The molecular weight excluding hydrogens is 346 g/mol. The lowest BCUT2D eigenvalue weighted by Gasteiger charge is -2.49. The van der Waals surface area contributed by atoms with Gasteiger partial charge >= 0.3 is 0 Å². The molecule has 6 heteroatoms. The van der Waals surface area contributed by atoms with Gasteiger partial charge in [0.15, 0.2) is 5.78 Å². The lowest BCUT2D eigenvalue weighted by molar-refractivity contribution is -0.222. The monoisotopic (exact) mass is 375 g/mol. The van der Waals surface area contributed by atoms with Gasteiger partial charge in [-0.1, -0.05) is 30.3 Å². The minimum absolute atomic E-state index is 0.0633. The first-order valence-corrected chi connectivity index (χ1v) is 9.72. The molecule has 0 aromatic heterocycles. The molecule has 6 nitrogen and oxygen atoms in total. The average molecular weight is 375 g/mol. The van der Waals surface area contributed by atoms with E-state index in [1.165, 1.54) is 0 Å². The third-order valence-electron chi connectivity index (χ3n) is 5.86. The fourth-order valence-electron chi connectivity index (χ4n) is 4.07. The van der Waals surface area contributed by atoms with Gasteiger partial charge in [-0.2, -0.15) is 0 Å². The molecule has 1 aromatic carbocycles. The van der Waals surface area contributed by atoms with Crippen LogP contribution in [0.5, 0.6) is 0 Å². The van der Waals surface area contributed by atoms with Gasteiger partial charge in [0.05, 0.1) is 17.8 Å². The van der Waals surface area contributed by atoms with E-state index in [2.05, 4.69) is 0 Å². The third kappa shape index (κ3) is 4.75. The number of amides is 1. The van der Waals surface area contributed by atoms with Gasteiger partial charge in [0.2, 0.25) is 5.91 Å². The zero-order chi connectivity index (χ0) is 19.5. The molecule has 0 aliphatic carbocycles. The first-order chi connectivity index (χ1) is 12.8. The Morgan fingerprint density at radius 3 is 2.48 bits per heavy atom. The van der Waals surface area contributed by atoms with Crippen molar-refractivity contribution in [2.45, 2.75) is 62.8 Å². The topological polar surface area (TPSA) is 87.1 Å². The molecule has 2 saturated heterocycles. The lowest BCUT2D eigenvalue weighted by Crippen LogP contribution is -2.59. The van der Waals surface area contributed by atoms with E-state index < -0.39 is 17.3 Å². The van der Waals surface area contributed by atoms with E-state index in [0.717, 1.165) is 0 Å². The van der Waals surface area contributed by atoms with Crippen LogP contribution in [0.3, 0.4) is 0 Å². The molecule has 0 saturated carbocycles. The molecule has 27 heavy (non-hydrogen) atoms. The van der Waals surface area contributed by atoms with Gasteiger partial charge in [-0.05, 0) is 26.2 Å². The number of hydrogen-bond donors (Lipinski definition) is 2. The average Bonchev–Trinajstić information content (AvgIpc) is 2.66. The fourth-order valence-corrected chi connectivity index (χ4v) is 4.07. The molecule has 2 aliphatic rings. The van der Waals surface area contributed by atoms with Crippen LogP contribution >= 0.6 is 0 Å². The van der Waals surface area contributed by atoms with Gasteiger partial charge in [-0.3, -0.25) is 9.59 Å². The van der Waals surface area contributed by atoms with Crippen molar-refractivity contribution in [1.29, 1.82) is 0 Å². The van der Waals surface area contributed by atoms with Crippen molar-refractivity contribution in [2.75, 3.05) is 19.7 Å². The summed E-state index contributed by atoms with van der Waals surface area (Å²) in [6.07, 6.45) is 2.11. The molecule has 2 aliphatic heterocycles. The van der Waals surface area contributed by atoms with Gasteiger partial charge in [-0.25, -0.2) is 0 Å². The molecule has 2 atom stereocenters. The summed E-state index contributed by atoms with van der Waals surface area (Å²) in [5.41, 5.74) is -0.918. The van der Waals surface area contributed by atoms with Crippen LogP contribution in [-0.4, -0.2) is 63.8 Å². The molecule has 2 fully saturated rings. The highest BCUT2D eigenvalue weighted by atomic mass is 16.5. The number of benzene rings is 1. The number of ketones is 1. The largest absolute Gasteiger partial charge is 0.388 e. The number of piperidine rings is 1. The van der Waals surface area contributed by atoms with E-state index in [1.54, 1.807) is 19.1 Å². The Kier molecular flexibility index (Phi) is 5.99. The summed E-state index contributed by atoms with van der Waals surface area (Å²) in [4.78, 5) is 26.4. The number of nitrogens with zero attached hydrogens (tertiary/aromatic N) is 1. The summed E-state index contributed by atoms with van der Waals surface area (Å²) in [5.74, 6) is 0.130. The van der Waals surface area contributed by atoms with Crippen LogP contribution in [0.25, 0.3) is 0 Å². The number of ether oxygens (including phenoxy) is 1. The Morgan fingerprint density at radius 2 is 1.85 bits per heavy atom. The summed E-state index contributed by atoms with van der Waals surface area (Å²) in [6, 6.07) is 9.14. The number of carbonyl (C=O) groups is 2. The zero-order valence-corrected chi connectivity index (χ0v) is 15.9. The standard InChI is InChI=1S/C21H29NO5/c1-20(26)15-21(27-14-18(20)24)10-12-22(13-11-21)19(25)9-5-8-17(23)16-6-3-2-4-7-16/h2-4,6-7,18,24,26H,5,8-15H2,1H3/t18-,20-/m0/s1. The first-order valence-electron chi connectivity index (χ1n) is 9.72. The summed E-state index contributed by atoms with van der Waals surface area (Å²) in [5, 5.41) is 20.2. The molecule has 0 bridgehead atoms. The maximum Gasteiger partial charge on any atom is 0.222 e. The van der Waals surface area contributed by atoms with Gasteiger partial charge in [0, 0.05) is 37.9 Å². The highest BCUT2D eigenvalue weighted by molar-refractivity contribution is 5.96. The second-order valence-corrected chi connectivity index (χ2v) is 8.07.